The van der Waals surface area contributed by atoms with Crippen LogP contribution in [-0.4, -0.2) is 57.7 Å². The molecule has 21 heavy (non-hydrogen) atoms. The molecular weight excluding hydrogens is 276 g/mol. The van der Waals surface area contributed by atoms with Gasteiger partial charge >= 0.3 is 6.09 Å². The number of carbonyl (C=O) groups is 3. The maximum Gasteiger partial charge on any atom is 0.414 e. The van der Waals surface area contributed by atoms with Gasteiger partial charge in [0.25, 0.3) is 0 Å². The van der Waals surface area contributed by atoms with E-state index in [1.54, 1.807) is 4.90 Å². The van der Waals surface area contributed by atoms with Crippen molar-refractivity contribution in [3.05, 3.63) is 0 Å². The zero-order valence-corrected chi connectivity index (χ0v) is 12.2. The highest BCUT2D eigenvalue weighted by Gasteiger charge is 2.61. The molecule has 3 rings (SSSR count). The predicted octanol–water partition coefficient (Wildman–Crippen LogP) is 0.886. The van der Waals surface area contributed by atoms with Gasteiger partial charge in [0.15, 0.2) is 5.72 Å². The minimum absolute atomic E-state index is 0.0130. The molecule has 3 amide bonds. The van der Waals surface area contributed by atoms with Crippen molar-refractivity contribution in [1.29, 1.82) is 0 Å². The smallest absolute Gasteiger partial charge is 0.414 e. The van der Waals surface area contributed by atoms with Gasteiger partial charge in [-0.05, 0) is 12.3 Å². The van der Waals surface area contributed by atoms with Gasteiger partial charge in [-0.2, -0.15) is 0 Å². The Labute approximate surface area is 122 Å². The lowest BCUT2D eigenvalue weighted by molar-refractivity contribution is -0.194. The molecule has 3 atom stereocenters. The number of nitrogens with zero attached hydrogens (tertiary/aromatic N) is 2. The molecule has 1 N–H and O–H groups in total. The van der Waals surface area contributed by atoms with Gasteiger partial charge in [0.2, 0.25) is 11.8 Å². The highest BCUT2D eigenvalue weighted by atomic mass is 16.5. The van der Waals surface area contributed by atoms with Crippen LogP contribution < -0.4 is 0 Å². The van der Waals surface area contributed by atoms with Gasteiger partial charge in [-0.3, -0.25) is 9.59 Å². The highest BCUT2D eigenvalue weighted by molar-refractivity contribution is 5.93. The zero-order chi connectivity index (χ0) is 15.4. The molecule has 0 aromatic carbocycles. The Hall–Kier alpha value is -1.63. The average molecular weight is 296 g/mol. The number of imide groups is 1. The summed E-state index contributed by atoms with van der Waals surface area (Å²) < 4.78 is 5.96. The first-order valence-electron chi connectivity index (χ1n) is 7.36. The minimum Gasteiger partial charge on any atom is -0.465 e. The molecule has 1 spiro atoms. The largest absolute Gasteiger partial charge is 0.465 e. The Bertz CT molecular complexity index is 506. The average Bonchev–Trinajstić information content (AvgIpc) is 2.78. The number of hydrogen-bond donors (Lipinski definition) is 1. The first-order valence-corrected chi connectivity index (χ1v) is 7.36. The first kappa shape index (κ1) is 14.3. The lowest BCUT2D eigenvalue weighted by Gasteiger charge is -2.51. The summed E-state index contributed by atoms with van der Waals surface area (Å²) in [6.07, 6.45) is -0.326. The molecule has 7 nitrogen and oxygen atoms in total. The van der Waals surface area contributed by atoms with Crippen molar-refractivity contribution < 1.29 is 24.2 Å². The normalized spacial score (nSPS) is 36.0. The topological polar surface area (TPSA) is 87.1 Å². The second-order valence-corrected chi connectivity index (χ2v) is 6.43. The summed E-state index contributed by atoms with van der Waals surface area (Å²) in [5.41, 5.74) is -0.923. The molecule has 0 bridgehead atoms. The van der Waals surface area contributed by atoms with Crippen LogP contribution in [0.25, 0.3) is 0 Å². The fourth-order valence-corrected chi connectivity index (χ4v) is 3.83. The van der Waals surface area contributed by atoms with Crippen molar-refractivity contribution in [2.24, 2.45) is 11.8 Å². The van der Waals surface area contributed by atoms with E-state index in [9.17, 15) is 14.4 Å². The monoisotopic (exact) mass is 296 g/mol. The first-order chi connectivity index (χ1) is 9.86. The van der Waals surface area contributed by atoms with E-state index in [2.05, 4.69) is 0 Å². The van der Waals surface area contributed by atoms with Crippen molar-refractivity contribution in [1.82, 2.24) is 9.80 Å². The summed E-state index contributed by atoms with van der Waals surface area (Å²) in [6, 6.07) is -0.0375. The molecule has 7 heteroatoms. The van der Waals surface area contributed by atoms with Gasteiger partial charge in [-0.25, -0.2) is 9.69 Å². The lowest BCUT2D eigenvalue weighted by atomic mass is 9.79. The van der Waals surface area contributed by atoms with Gasteiger partial charge < -0.3 is 14.7 Å². The fraction of sp³-hybridized carbons (Fsp3) is 0.786. The standard InChI is InChI=1S/C14H20N2O5/c1-8(2)10-7-21-14-5-12(18)15(13(19)20)6-9(14)3-4-11(17)16(10)14/h8-10H,3-7H2,1-2H3,(H,19,20)/t9-,10-,14-/m1/s1. The molecule has 0 unspecified atom stereocenters. The molecule has 3 aliphatic rings. The molecule has 0 aromatic heterocycles. The molecule has 3 saturated heterocycles. The number of carbonyl (C=O) groups excluding carboxylic acids is 2. The van der Waals surface area contributed by atoms with E-state index in [0.29, 0.717) is 19.4 Å². The Balaban J connectivity index is 1.96. The van der Waals surface area contributed by atoms with Crippen LogP contribution in [0.1, 0.15) is 33.1 Å². The summed E-state index contributed by atoms with van der Waals surface area (Å²) in [6.45, 7) is 4.58. The molecule has 116 valence electrons. The van der Waals surface area contributed by atoms with Crippen LogP contribution in [0.3, 0.4) is 0 Å². The van der Waals surface area contributed by atoms with E-state index in [-0.39, 0.29) is 36.8 Å². The van der Waals surface area contributed by atoms with Gasteiger partial charge in [0.1, 0.15) is 0 Å². The summed E-state index contributed by atoms with van der Waals surface area (Å²) in [5.74, 6) is -0.366. The van der Waals surface area contributed by atoms with Crippen molar-refractivity contribution in [3.8, 4) is 0 Å². The third-order valence-electron chi connectivity index (χ3n) is 4.97. The second-order valence-electron chi connectivity index (χ2n) is 6.43. The summed E-state index contributed by atoms with van der Waals surface area (Å²) in [7, 11) is 0. The Morgan fingerprint density at radius 1 is 1.38 bits per heavy atom. The Morgan fingerprint density at radius 2 is 2.10 bits per heavy atom. The van der Waals surface area contributed by atoms with Crippen LogP contribution >= 0.6 is 0 Å². The van der Waals surface area contributed by atoms with E-state index >= 15 is 0 Å². The van der Waals surface area contributed by atoms with E-state index in [4.69, 9.17) is 9.84 Å². The zero-order valence-electron chi connectivity index (χ0n) is 12.2. The molecular formula is C14H20N2O5. The number of rotatable bonds is 1. The summed E-state index contributed by atoms with van der Waals surface area (Å²) in [4.78, 5) is 38.3. The van der Waals surface area contributed by atoms with E-state index in [1.165, 1.54) is 0 Å². The van der Waals surface area contributed by atoms with Gasteiger partial charge in [-0.1, -0.05) is 13.8 Å². The van der Waals surface area contributed by atoms with Gasteiger partial charge in [0.05, 0.1) is 19.1 Å². The van der Waals surface area contributed by atoms with Gasteiger partial charge in [0, 0.05) is 18.9 Å². The third-order valence-corrected chi connectivity index (χ3v) is 4.97. The SMILES string of the molecule is CC(C)[C@H]1CO[C@]23CC(=O)N(C(=O)O)C[C@H]2CCC(=O)N13. The van der Waals surface area contributed by atoms with Crippen LogP contribution in [0.5, 0.6) is 0 Å². The number of hydrogen-bond acceptors (Lipinski definition) is 4. The minimum atomic E-state index is -1.23. The van der Waals surface area contributed by atoms with Crippen molar-refractivity contribution >= 4 is 17.9 Å². The maximum absolute atomic E-state index is 12.4. The number of ether oxygens (including phenoxy) is 1. The Kier molecular flexibility index (Phi) is 3.20. The van der Waals surface area contributed by atoms with E-state index in [1.807, 2.05) is 13.8 Å². The molecule has 0 aliphatic carbocycles. The number of piperidine rings is 2. The second kappa shape index (κ2) is 4.69. The number of carboxylic acid groups (broad SMARTS) is 1. The van der Waals surface area contributed by atoms with Crippen molar-refractivity contribution in [2.75, 3.05) is 13.2 Å². The number of likely N-dealkylation sites (tertiary alicyclic amines) is 1. The van der Waals surface area contributed by atoms with Crippen LogP contribution in [0, 0.1) is 11.8 Å². The van der Waals surface area contributed by atoms with E-state index < -0.39 is 17.7 Å². The van der Waals surface area contributed by atoms with E-state index in [0.717, 1.165) is 4.90 Å². The lowest BCUT2D eigenvalue weighted by Crippen LogP contribution is -2.66. The van der Waals surface area contributed by atoms with Gasteiger partial charge in [-0.15, -0.1) is 0 Å². The predicted molar refractivity (Wildman–Crippen MR) is 71.2 cm³/mol. The maximum atomic E-state index is 12.4. The summed E-state index contributed by atoms with van der Waals surface area (Å²) in [5, 5.41) is 9.11. The van der Waals surface area contributed by atoms with Crippen LogP contribution in [0.15, 0.2) is 0 Å². The van der Waals surface area contributed by atoms with Crippen LogP contribution in [0.2, 0.25) is 0 Å². The van der Waals surface area contributed by atoms with Crippen LogP contribution in [-0.2, 0) is 14.3 Å². The number of amides is 3. The molecule has 3 aliphatic heterocycles. The quantitative estimate of drug-likeness (QED) is 0.776. The molecule has 3 fully saturated rings. The molecule has 0 radical (unpaired) electrons. The van der Waals surface area contributed by atoms with Crippen LogP contribution in [0.4, 0.5) is 4.79 Å². The van der Waals surface area contributed by atoms with Crippen molar-refractivity contribution in [3.63, 3.8) is 0 Å². The molecule has 3 heterocycles. The molecule has 0 saturated carbocycles. The molecule has 0 aromatic rings. The summed E-state index contributed by atoms with van der Waals surface area (Å²) >= 11 is 0. The fourth-order valence-electron chi connectivity index (χ4n) is 3.83. The van der Waals surface area contributed by atoms with Crippen molar-refractivity contribution in [2.45, 2.75) is 44.9 Å². The Morgan fingerprint density at radius 3 is 2.71 bits per heavy atom. The highest BCUT2D eigenvalue weighted by Crippen LogP contribution is 2.47. The third kappa shape index (κ3) is 1.94.